The average molecular weight is 291 g/mol. The van der Waals surface area contributed by atoms with Crippen molar-refractivity contribution in [3.63, 3.8) is 0 Å². The Morgan fingerprint density at radius 3 is 2.67 bits per heavy atom. The third-order valence-corrected chi connectivity index (χ3v) is 2.76. The molecule has 0 aliphatic rings. The molecule has 2 aromatic carbocycles. The summed E-state index contributed by atoms with van der Waals surface area (Å²) >= 11 is 0. The zero-order valence-electron chi connectivity index (χ0n) is 11.0. The Kier molecular flexibility index (Phi) is 4.22. The van der Waals surface area contributed by atoms with Crippen LogP contribution < -0.4 is 5.43 Å². The SMILES string of the molecule is Cc1ccc(/C=N\Nc2ccc(F)cc2F)cc1[N+](=O)[O-]. The van der Waals surface area contributed by atoms with Crippen LogP contribution in [0.15, 0.2) is 41.5 Å². The summed E-state index contributed by atoms with van der Waals surface area (Å²) < 4.78 is 26.1. The maximum absolute atomic E-state index is 13.3. The third kappa shape index (κ3) is 3.59. The molecule has 0 aliphatic carbocycles. The van der Waals surface area contributed by atoms with Crippen molar-refractivity contribution in [2.24, 2.45) is 5.10 Å². The van der Waals surface area contributed by atoms with Gasteiger partial charge in [-0.15, -0.1) is 0 Å². The molecule has 0 spiro atoms. The molecule has 0 amide bonds. The van der Waals surface area contributed by atoms with E-state index in [1.54, 1.807) is 19.1 Å². The molecular weight excluding hydrogens is 280 g/mol. The molecule has 0 fully saturated rings. The second-order valence-corrected chi connectivity index (χ2v) is 4.30. The number of benzene rings is 2. The van der Waals surface area contributed by atoms with E-state index in [0.717, 1.165) is 12.1 Å². The van der Waals surface area contributed by atoms with Crippen molar-refractivity contribution < 1.29 is 13.7 Å². The quantitative estimate of drug-likeness (QED) is 0.531. The lowest BCUT2D eigenvalue weighted by Crippen LogP contribution is -1.96. The van der Waals surface area contributed by atoms with Gasteiger partial charge in [0.05, 0.1) is 16.8 Å². The molecule has 0 saturated heterocycles. The standard InChI is InChI=1S/C14H11F2N3O2/c1-9-2-3-10(6-14(9)19(20)21)8-17-18-13-5-4-11(15)7-12(13)16/h2-8,18H,1H3/b17-8-. The lowest BCUT2D eigenvalue weighted by Gasteiger charge is -2.02. The van der Waals surface area contributed by atoms with Crippen LogP contribution in [0.4, 0.5) is 20.2 Å². The zero-order valence-corrected chi connectivity index (χ0v) is 11.0. The number of aryl methyl sites for hydroxylation is 1. The largest absolute Gasteiger partial charge is 0.276 e. The zero-order chi connectivity index (χ0) is 15.4. The van der Waals surface area contributed by atoms with Crippen molar-refractivity contribution in [3.8, 4) is 0 Å². The van der Waals surface area contributed by atoms with E-state index in [0.29, 0.717) is 11.1 Å². The molecule has 0 saturated carbocycles. The van der Waals surface area contributed by atoms with Crippen molar-refractivity contribution in [1.82, 2.24) is 0 Å². The first-order chi connectivity index (χ1) is 9.97. The van der Waals surface area contributed by atoms with E-state index in [9.17, 15) is 18.9 Å². The highest BCUT2D eigenvalue weighted by Gasteiger charge is 2.10. The fraction of sp³-hybridized carbons (Fsp3) is 0.0714. The van der Waals surface area contributed by atoms with E-state index >= 15 is 0 Å². The second-order valence-electron chi connectivity index (χ2n) is 4.30. The summed E-state index contributed by atoms with van der Waals surface area (Å²) in [5.74, 6) is -1.46. The van der Waals surface area contributed by atoms with Crippen LogP contribution in [0.2, 0.25) is 0 Å². The van der Waals surface area contributed by atoms with Crippen LogP contribution in [-0.4, -0.2) is 11.1 Å². The number of anilines is 1. The minimum atomic E-state index is -0.776. The number of hydrazone groups is 1. The molecule has 5 nitrogen and oxygen atoms in total. The number of nitro groups is 1. The Hall–Kier alpha value is -2.83. The number of hydrogen-bond acceptors (Lipinski definition) is 4. The van der Waals surface area contributed by atoms with E-state index in [-0.39, 0.29) is 11.4 Å². The molecule has 0 radical (unpaired) electrons. The minimum absolute atomic E-state index is 0.00858. The molecule has 2 aromatic rings. The van der Waals surface area contributed by atoms with Crippen LogP contribution in [0.3, 0.4) is 0 Å². The van der Waals surface area contributed by atoms with Gasteiger partial charge in [-0.1, -0.05) is 12.1 Å². The van der Waals surface area contributed by atoms with Gasteiger partial charge in [-0.25, -0.2) is 8.78 Å². The van der Waals surface area contributed by atoms with Crippen LogP contribution >= 0.6 is 0 Å². The fourth-order valence-corrected chi connectivity index (χ4v) is 1.66. The summed E-state index contributed by atoms with van der Waals surface area (Å²) in [4.78, 5) is 10.3. The van der Waals surface area contributed by atoms with Gasteiger partial charge in [0.2, 0.25) is 0 Å². The van der Waals surface area contributed by atoms with Crippen molar-refractivity contribution in [2.75, 3.05) is 5.43 Å². The molecular formula is C14H11F2N3O2. The van der Waals surface area contributed by atoms with Crippen molar-refractivity contribution in [1.29, 1.82) is 0 Å². The summed E-state index contributed by atoms with van der Waals surface area (Å²) in [6.07, 6.45) is 1.31. The Balaban J connectivity index is 2.14. The smallest absolute Gasteiger partial charge is 0.272 e. The second kappa shape index (κ2) is 6.08. The predicted molar refractivity (Wildman–Crippen MR) is 75.4 cm³/mol. The van der Waals surface area contributed by atoms with Gasteiger partial charge in [-0.2, -0.15) is 5.10 Å². The fourth-order valence-electron chi connectivity index (χ4n) is 1.66. The number of nitrogens with one attached hydrogen (secondary N) is 1. The van der Waals surface area contributed by atoms with E-state index in [1.165, 1.54) is 18.3 Å². The van der Waals surface area contributed by atoms with Crippen LogP contribution in [0, 0.1) is 28.7 Å². The van der Waals surface area contributed by atoms with Gasteiger partial charge in [-0.05, 0) is 19.1 Å². The summed E-state index contributed by atoms with van der Waals surface area (Å²) in [7, 11) is 0. The third-order valence-electron chi connectivity index (χ3n) is 2.76. The van der Waals surface area contributed by atoms with Crippen LogP contribution in [0.1, 0.15) is 11.1 Å². The number of rotatable bonds is 4. The normalized spacial score (nSPS) is 10.8. The number of nitro benzene ring substituents is 1. The number of hydrogen-bond donors (Lipinski definition) is 1. The molecule has 7 heteroatoms. The highest BCUT2D eigenvalue weighted by molar-refractivity contribution is 5.81. The van der Waals surface area contributed by atoms with Crippen molar-refractivity contribution in [3.05, 3.63) is 69.3 Å². The minimum Gasteiger partial charge on any atom is -0.276 e. The molecule has 1 N–H and O–H groups in total. The summed E-state index contributed by atoms with van der Waals surface area (Å²) in [6.45, 7) is 1.63. The monoisotopic (exact) mass is 291 g/mol. The van der Waals surface area contributed by atoms with Gasteiger partial charge in [0, 0.05) is 23.3 Å². The first-order valence-corrected chi connectivity index (χ1v) is 5.96. The molecule has 108 valence electrons. The molecule has 2 rings (SSSR count). The highest BCUT2D eigenvalue weighted by atomic mass is 19.1. The topological polar surface area (TPSA) is 67.5 Å². The molecule has 0 bridgehead atoms. The Bertz CT molecular complexity index is 717. The van der Waals surface area contributed by atoms with Crippen LogP contribution in [0.25, 0.3) is 0 Å². The van der Waals surface area contributed by atoms with Gasteiger partial charge < -0.3 is 0 Å². The maximum atomic E-state index is 13.3. The van der Waals surface area contributed by atoms with Crippen molar-refractivity contribution in [2.45, 2.75) is 6.92 Å². The Morgan fingerprint density at radius 1 is 1.24 bits per heavy atom. The van der Waals surface area contributed by atoms with Gasteiger partial charge in [0.1, 0.15) is 5.82 Å². The summed E-state index contributed by atoms with van der Waals surface area (Å²) in [5, 5.41) is 14.6. The van der Waals surface area contributed by atoms with Crippen LogP contribution in [0.5, 0.6) is 0 Å². The Morgan fingerprint density at radius 2 is 2.00 bits per heavy atom. The lowest BCUT2D eigenvalue weighted by molar-refractivity contribution is -0.385. The van der Waals surface area contributed by atoms with Gasteiger partial charge in [-0.3, -0.25) is 15.5 Å². The first-order valence-electron chi connectivity index (χ1n) is 5.96. The van der Waals surface area contributed by atoms with E-state index in [1.807, 2.05) is 0 Å². The summed E-state index contributed by atoms with van der Waals surface area (Å²) in [6, 6.07) is 7.64. The van der Waals surface area contributed by atoms with Gasteiger partial charge in [0.15, 0.2) is 5.82 Å². The van der Waals surface area contributed by atoms with Crippen molar-refractivity contribution >= 4 is 17.6 Å². The predicted octanol–water partition coefficient (Wildman–Crippen LogP) is 3.63. The highest BCUT2D eigenvalue weighted by Crippen LogP contribution is 2.18. The molecule has 21 heavy (non-hydrogen) atoms. The van der Waals surface area contributed by atoms with Gasteiger partial charge in [0.25, 0.3) is 5.69 Å². The average Bonchev–Trinajstić information content (AvgIpc) is 2.42. The first kappa shape index (κ1) is 14.6. The molecule has 0 heterocycles. The lowest BCUT2D eigenvalue weighted by atomic mass is 10.1. The molecule has 0 aromatic heterocycles. The van der Waals surface area contributed by atoms with E-state index in [2.05, 4.69) is 10.5 Å². The van der Waals surface area contributed by atoms with Gasteiger partial charge >= 0.3 is 0 Å². The molecule has 0 atom stereocenters. The van der Waals surface area contributed by atoms with Crippen LogP contribution in [-0.2, 0) is 0 Å². The Labute approximate surface area is 119 Å². The maximum Gasteiger partial charge on any atom is 0.272 e. The molecule has 0 aliphatic heterocycles. The van der Waals surface area contributed by atoms with E-state index in [4.69, 9.17) is 0 Å². The number of nitrogens with zero attached hydrogens (tertiary/aromatic N) is 2. The van der Waals surface area contributed by atoms with E-state index < -0.39 is 16.6 Å². The summed E-state index contributed by atoms with van der Waals surface area (Å²) in [5.41, 5.74) is 3.42. The number of halogens is 2. The molecule has 0 unspecified atom stereocenters.